The van der Waals surface area contributed by atoms with Gasteiger partial charge in [0.2, 0.25) is 11.7 Å². The second-order valence-electron chi connectivity index (χ2n) is 3.63. The van der Waals surface area contributed by atoms with E-state index in [9.17, 15) is 0 Å². The van der Waals surface area contributed by atoms with Crippen molar-refractivity contribution in [2.75, 3.05) is 6.54 Å². The fourth-order valence-corrected chi connectivity index (χ4v) is 1.92. The van der Waals surface area contributed by atoms with E-state index in [0.717, 1.165) is 10.9 Å². The van der Waals surface area contributed by atoms with Crippen LogP contribution in [0.2, 0.25) is 0 Å². The van der Waals surface area contributed by atoms with Crippen molar-refractivity contribution in [2.45, 2.75) is 19.3 Å². The molecule has 1 unspecified atom stereocenters. The number of hydrogen-bond donors (Lipinski definition) is 1. The molecular formula is C11H13BrN4O. The highest BCUT2D eigenvalue weighted by Crippen LogP contribution is 2.25. The summed E-state index contributed by atoms with van der Waals surface area (Å²) in [7, 11) is 0. The Morgan fingerprint density at radius 3 is 3.00 bits per heavy atom. The molecule has 17 heavy (non-hydrogen) atoms. The lowest BCUT2D eigenvalue weighted by Gasteiger charge is -2.04. The first-order valence-electron chi connectivity index (χ1n) is 5.40. The largest absolute Gasteiger partial charge is 0.339 e. The predicted octanol–water partition coefficient (Wildman–Crippen LogP) is 2.35. The zero-order chi connectivity index (χ0) is 12.3. The Hall–Kier alpha value is -1.27. The van der Waals surface area contributed by atoms with Gasteiger partial charge in [-0.1, -0.05) is 12.1 Å². The van der Waals surface area contributed by atoms with E-state index >= 15 is 0 Å². The third-order valence-electron chi connectivity index (χ3n) is 2.54. The van der Waals surface area contributed by atoms with Gasteiger partial charge in [-0.05, 0) is 34.5 Å². The molecular weight excluding hydrogens is 284 g/mol. The van der Waals surface area contributed by atoms with E-state index in [-0.39, 0.29) is 5.92 Å². The molecule has 0 spiro atoms. The molecule has 0 bridgehead atoms. The van der Waals surface area contributed by atoms with Crippen molar-refractivity contribution in [3.05, 3.63) is 28.7 Å². The van der Waals surface area contributed by atoms with Crippen molar-refractivity contribution in [3.8, 4) is 11.5 Å². The van der Waals surface area contributed by atoms with Gasteiger partial charge in [-0.2, -0.15) is 4.98 Å². The van der Waals surface area contributed by atoms with Crippen molar-refractivity contribution in [1.29, 1.82) is 0 Å². The van der Waals surface area contributed by atoms with E-state index < -0.39 is 0 Å². The summed E-state index contributed by atoms with van der Waals surface area (Å²) in [5.41, 5.74) is 6.32. The maximum atomic E-state index is 5.64. The highest BCUT2D eigenvalue weighted by atomic mass is 79.9. The third-order valence-corrected chi connectivity index (χ3v) is 3.18. The molecule has 1 atom stereocenters. The molecule has 0 radical (unpaired) electrons. The van der Waals surface area contributed by atoms with Gasteiger partial charge in [-0.25, -0.2) is 0 Å². The van der Waals surface area contributed by atoms with Crippen LogP contribution in [0.5, 0.6) is 0 Å². The van der Waals surface area contributed by atoms with E-state index in [2.05, 4.69) is 31.1 Å². The third kappa shape index (κ3) is 2.53. The fourth-order valence-electron chi connectivity index (χ4n) is 1.49. The summed E-state index contributed by atoms with van der Waals surface area (Å²) in [6, 6.07) is 3.72. The number of rotatable bonds is 4. The number of hydrogen-bond acceptors (Lipinski definition) is 5. The molecule has 0 aliphatic rings. The molecule has 0 fully saturated rings. The highest BCUT2D eigenvalue weighted by molar-refractivity contribution is 9.10. The Kier molecular flexibility index (Phi) is 3.86. The van der Waals surface area contributed by atoms with Gasteiger partial charge in [0.25, 0.3) is 0 Å². The monoisotopic (exact) mass is 296 g/mol. The Bertz CT molecular complexity index is 496. The molecule has 0 saturated heterocycles. The van der Waals surface area contributed by atoms with Gasteiger partial charge in [0.1, 0.15) is 5.69 Å². The maximum Gasteiger partial charge on any atom is 0.231 e. The van der Waals surface area contributed by atoms with E-state index in [1.165, 1.54) is 0 Å². The predicted molar refractivity (Wildman–Crippen MR) is 67.3 cm³/mol. The minimum absolute atomic E-state index is 0.110. The zero-order valence-corrected chi connectivity index (χ0v) is 11.0. The zero-order valence-electron chi connectivity index (χ0n) is 9.43. The second-order valence-corrected chi connectivity index (χ2v) is 4.49. The Balaban J connectivity index is 2.33. The molecule has 0 aromatic carbocycles. The summed E-state index contributed by atoms with van der Waals surface area (Å²) in [5, 5.41) is 3.93. The van der Waals surface area contributed by atoms with Crippen LogP contribution >= 0.6 is 15.9 Å². The van der Waals surface area contributed by atoms with Crippen LogP contribution in [0.15, 0.2) is 27.3 Å². The van der Waals surface area contributed by atoms with Crippen LogP contribution in [-0.2, 0) is 0 Å². The quantitative estimate of drug-likeness (QED) is 0.937. The van der Waals surface area contributed by atoms with E-state index in [1.807, 2.05) is 19.1 Å². The van der Waals surface area contributed by atoms with Crippen molar-refractivity contribution >= 4 is 15.9 Å². The minimum atomic E-state index is 0.110. The Morgan fingerprint density at radius 2 is 2.35 bits per heavy atom. The van der Waals surface area contributed by atoms with Crippen LogP contribution in [-0.4, -0.2) is 21.7 Å². The lowest BCUT2D eigenvalue weighted by atomic mass is 10.1. The lowest BCUT2D eigenvalue weighted by molar-refractivity contribution is 0.351. The van der Waals surface area contributed by atoms with Gasteiger partial charge in [0, 0.05) is 17.2 Å². The first-order chi connectivity index (χ1) is 8.26. The molecule has 0 amide bonds. The fraction of sp³-hybridized carbons (Fsp3) is 0.364. The average Bonchev–Trinajstić information content (AvgIpc) is 2.81. The number of halogens is 1. The molecule has 0 saturated carbocycles. The van der Waals surface area contributed by atoms with Crippen LogP contribution < -0.4 is 5.73 Å². The van der Waals surface area contributed by atoms with Gasteiger partial charge in [-0.15, -0.1) is 0 Å². The molecule has 2 rings (SSSR count). The van der Waals surface area contributed by atoms with Gasteiger partial charge < -0.3 is 10.3 Å². The van der Waals surface area contributed by atoms with Gasteiger partial charge in [0.05, 0.1) is 5.92 Å². The summed E-state index contributed by atoms with van der Waals surface area (Å²) < 4.78 is 6.06. The van der Waals surface area contributed by atoms with Crippen LogP contribution in [0.1, 0.15) is 25.2 Å². The lowest BCUT2D eigenvalue weighted by Crippen LogP contribution is -2.11. The maximum absolute atomic E-state index is 5.64. The summed E-state index contributed by atoms with van der Waals surface area (Å²) in [4.78, 5) is 8.54. The number of nitrogens with zero attached hydrogens (tertiary/aromatic N) is 3. The van der Waals surface area contributed by atoms with Crippen molar-refractivity contribution in [3.63, 3.8) is 0 Å². The Morgan fingerprint density at radius 1 is 1.53 bits per heavy atom. The smallest absolute Gasteiger partial charge is 0.231 e. The SMILES string of the molecule is CCC(CN)c1nc(-c2ncccc2Br)no1. The average molecular weight is 297 g/mol. The van der Waals surface area contributed by atoms with Crippen LogP contribution in [0.25, 0.3) is 11.5 Å². The standard InChI is InChI=1S/C11H13BrN4O/c1-2-7(6-13)11-15-10(16-17-11)9-8(12)4-3-5-14-9/h3-5,7H,2,6,13H2,1H3. The van der Waals surface area contributed by atoms with Crippen molar-refractivity contribution in [2.24, 2.45) is 5.73 Å². The molecule has 90 valence electrons. The summed E-state index contributed by atoms with van der Waals surface area (Å²) >= 11 is 3.40. The van der Waals surface area contributed by atoms with Gasteiger partial charge in [-0.3, -0.25) is 4.98 Å². The molecule has 5 nitrogen and oxygen atoms in total. The van der Waals surface area contributed by atoms with Gasteiger partial charge in [0.15, 0.2) is 0 Å². The van der Waals surface area contributed by atoms with Crippen LogP contribution in [0.3, 0.4) is 0 Å². The van der Waals surface area contributed by atoms with E-state index in [0.29, 0.717) is 24.0 Å². The molecule has 0 aliphatic carbocycles. The first-order valence-corrected chi connectivity index (χ1v) is 6.20. The molecule has 2 N–H and O–H groups in total. The first kappa shape index (κ1) is 12.2. The summed E-state index contributed by atoms with van der Waals surface area (Å²) in [5.74, 6) is 1.17. The second kappa shape index (κ2) is 5.37. The van der Waals surface area contributed by atoms with E-state index in [1.54, 1.807) is 6.20 Å². The van der Waals surface area contributed by atoms with Gasteiger partial charge >= 0.3 is 0 Å². The summed E-state index contributed by atoms with van der Waals surface area (Å²) in [6.07, 6.45) is 2.57. The highest BCUT2D eigenvalue weighted by Gasteiger charge is 2.18. The van der Waals surface area contributed by atoms with Crippen LogP contribution in [0.4, 0.5) is 0 Å². The van der Waals surface area contributed by atoms with Crippen molar-refractivity contribution in [1.82, 2.24) is 15.1 Å². The number of nitrogens with two attached hydrogens (primary N) is 1. The van der Waals surface area contributed by atoms with E-state index in [4.69, 9.17) is 10.3 Å². The summed E-state index contributed by atoms with van der Waals surface area (Å²) in [6.45, 7) is 2.54. The molecule has 2 aromatic heterocycles. The van der Waals surface area contributed by atoms with Crippen LogP contribution in [0, 0.1) is 0 Å². The minimum Gasteiger partial charge on any atom is -0.339 e. The Labute approximate surface area is 108 Å². The topological polar surface area (TPSA) is 77.8 Å². The molecule has 0 aliphatic heterocycles. The molecule has 6 heteroatoms. The number of aromatic nitrogens is 3. The molecule has 2 aromatic rings. The molecule has 2 heterocycles. The van der Waals surface area contributed by atoms with Crippen molar-refractivity contribution < 1.29 is 4.52 Å². The normalized spacial score (nSPS) is 12.6. The number of pyridine rings is 1.